The third kappa shape index (κ3) is 4.70. The second kappa shape index (κ2) is 10.7. The van der Waals surface area contributed by atoms with E-state index >= 15 is 0 Å². The van der Waals surface area contributed by atoms with Crippen molar-refractivity contribution in [3.63, 3.8) is 0 Å². The molecule has 1 aromatic rings. The highest BCUT2D eigenvalue weighted by Gasteiger charge is 2.69. The Labute approximate surface area is 231 Å². The van der Waals surface area contributed by atoms with Gasteiger partial charge < -0.3 is 26.0 Å². The molecule has 0 heterocycles. The fraction of sp³-hybridized carbons (Fsp3) is 0.593. The van der Waals surface area contributed by atoms with Crippen molar-refractivity contribution in [2.45, 2.75) is 51.0 Å². The van der Waals surface area contributed by atoms with Crippen molar-refractivity contribution in [2.75, 3.05) is 27.2 Å². The third-order valence-corrected chi connectivity index (χ3v) is 8.59. The second-order valence-electron chi connectivity index (χ2n) is 11.1. The van der Waals surface area contributed by atoms with Gasteiger partial charge in [0, 0.05) is 24.0 Å². The Hall–Kier alpha value is -2.70. The number of Topliss-reactive ketones (excluding diaryl/α,β-unsaturated/α-hetero) is 4. The molecule has 0 aromatic heterocycles. The summed E-state index contributed by atoms with van der Waals surface area (Å²) < 4.78 is 5.50. The highest BCUT2D eigenvalue weighted by Crippen LogP contribution is 2.51. The highest BCUT2D eigenvalue weighted by molar-refractivity contribution is 6.34. The first-order valence-corrected chi connectivity index (χ1v) is 13.3. The van der Waals surface area contributed by atoms with Gasteiger partial charge in [-0.1, -0.05) is 11.6 Å². The van der Waals surface area contributed by atoms with E-state index in [9.17, 15) is 34.2 Å². The van der Waals surface area contributed by atoms with Gasteiger partial charge in [-0.3, -0.25) is 28.9 Å². The number of ether oxygens (including phenoxy) is 1. The van der Waals surface area contributed by atoms with Crippen LogP contribution in [0, 0.1) is 23.7 Å². The predicted molar refractivity (Wildman–Crippen MR) is 139 cm³/mol. The van der Waals surface area contributed by atoms with Gasteiger partial charge in [-0.05, 0) is 63.9 Å². The Morgan fingerprint density at radius 3 is 2.51 bits per heavy atom. The van der Waals surface area contributed by atoms with Crippen molar-refractivity contribution in [1.29, 1.82) is 0 Å². The number of nitrogens with two attached hydrogens (primary N) is 1. The number of fused-ring (bicyclic) bond motifs is 3. The molecule has 39 heavy (non-hydrogen) atoms. The number of nitrogens with one attached hydrogen (secondary N) is 1. The van der Waals surface area contributed by atoms with Crippen molar-refractivity contribution in [3.05, 3.63) is 27.8 Å². The maximum absolute atomic E-state index is 13.8. The first kappa shape index (κ1) is 29.3. The van der Waals surface area contributed by atoms with E-state index in [1.54, 1.807) is 0 Å². The lowest BCUT2D eigenvalue weighted by Crippen LogP contribution is -2.74. The molecule has 212 valence electrons. The number of carbonyl (C=O) groups excluding carboxylic acids is 5. The second-order valence-corrected chi connectivity index (χ2v) is 11.5. The SMILES string of the molecule is CC(C)OCCNCc1cc(O)c2c(c1Cl)C[C@H]1C[C@H]3[C@H](N(C)C)C(=O)C(C(N)=O)C(=O)[C@@]3(O)C(=O)C1C2=O. The number of amides is 1. The van der Waals surface area contributed by atoms with Crippen LogP contribution in [0.15, 0.2) is 6.07 Å². The van der Waals surface area contributed by atoms with Gasteiger partial charge in [0.1, 0.15) is 5.75 Å². The number of halogens is 1. The van der Waals surface area contributed by atoms with Crippen LogP contribution in [-0.2, 0) is 36.9 Å². The van der Waals surface area contributed by atoms with E-state index in [4.69, 9.17) is 22.1 Å². The topological polar surface area (TPSA) is 176 Å². The summed E-state index contributed by atoms with van der Waals surface area (Å²) in [6.07, 6.45) is 0.167. The van der Waals surface area contributed by atoms with E-state index in [-0.39, 0.29) is 35.3 Å². The lowest BCUT2D eigenvalue weighted by Gasteiger charge is -2.52. The summed E-state index contributed by atoms with van der Waals surface area (Å²) >= 11 is 6.70. The van der Waals surface area contributed by atoms with Gasteiger partial charge in [-0.15, -0.1) is 0 Å². The number of aliphatic hydroxyl groups is 1. The highest BCUT2D eigenvalue weighted by atomic mass is 35.5. The smallest absolute Gasteiger partial charge is 0.235 e. The van der Waals surface area contributed by atoms with Gasteiger partial charge in [0.2, 0.25) is 5.91 Å². The van der Waals surface area contributed by atoms with Crippen molar-refractivity contribution in [1.82, 2.24) is 10.2 Å². The maximum atomic E-state index is 13.8. The largest absolute Gasteiger partial charge is 0.507 e. The quantitative estimate of drug-likeness (QED) is 0.249. The lowest BCUT2D eigenvalue weighted by atomic mass is 9.52. The van der Waals surface area contributed by atoms with Crippen molar-refractivity contribution < 1.29 is 38.9 Å². The standard InChI is InChI=1S/C27H34ClN3O8/c1-11(2)39-6-5-30-10-13-9-16(32)18-14(20(13)28)7-12-8-15-21(31(3)4)23(34)19(26(29)37)25(36)27(15,38)24(35)17(12)22(18)33/h9,11-12,15,17,19,21,30,32,38H,5-8,10H2,1-4H3,(H2,29,37)/t12-,15-,17?,19?,21-,27-/m0/s1. The van der Waals surface area contributed by atoms with Gasteiger partial charge in [0.25, 0.3) is 0 Å². The van der Waals surface area contributed by atoms with E-state index in [0.717, 1.165) is 0 Å². The summed E-state index contributed by atoms with van der Waals surface area (Å²) in [7, 11) is 3.07. The average Bonchev–Trinajstić information content (AvgIpc) is 2.83. The van der Waals surface area contributed by atoms with Crippen LogP contribution in [0.5, 0.6) is 5.75 Å². The molecule has 6 atom stereocenters. The maximum Gasteiger partial charge on any atom is 0.235 e. The van der Waals surface area contributed by atoms with E-state index in [0.29, 0.717) is 30.8 Å². The number of primary amides is 1. The predicted octanol–water partition coefficient (Wildman–Crippen LogP) is 0.0350. The number of rotatable bonds is 8. The van der Waals surface area contributed by atoms with Crippen molar-refractivity contribution in [2.24, 2.45) is 29.4 Å². The zero-order chi connectivity index (χ0) is 29.0. The van der Waals surface area contributed by atoms with Crippen LogP contribution in [0.4, 0.5) is 0 Å². The zero-order valence-corrected chi connectivity index (χ0v) is 23.1. The summed E-state index contributed by atoms with van der Waals surface area (Å²) in [6, 6.07) is 0.204. The fourth-order valence-corrected chi connectivity index (χ4v) is 6.72. The van der Waals surface area contributed by atoms with Gasteiger partial charge in [-0.25, -0.2) is 0 Å². The molecule has 11 nitrogen and oxygen atoms in total. The Bertz CT molecular complexity index is 1250. The normalized spacial score (nSPS) is 30.4. The Morgan fingerprint density at radius 2 is 1.92 bits per heavy atom. The molecule has 2 fully saturated rings. The number of aromatic hydroxyl groups is 1. The average molecular weight is 564 g/mol. The molecule has 5 N–H and O–H groups in total. The van der Waals surface area contributed by atoms with E-state index in [1.807, 2.05) is 13.8 Å². The number of phenols is 1. The molecule has 2 saturated carbocycles. The molecule has 2 unspecified atom stereocenters. The number of ketones is 4. The summed E-state index contributed by atoms with van der Waals surface area (Å²) in [5.74, 6) is -10.9. The monoisotopic (exact) mass is 563 g/mol. The van der Waals surface area contributed by atoms with Crippen LogP contribution in [0.3, 0.4) is 0 Å². The third-order valence-electron chi connectivity index (χ3n) is 8.12. The molecule has 0 saturated heterocycles. The minimum absolute atomic E-state index is 0.0317. The van der Waals surface area contributed by atoms with Crippen LogP contribution in [0.25, 0.3) is 0 Å². The summed E-state index contributed by atoms with van der Waals surface area (Å²) in [6.45, 7) is 5.16. The number of phenolic OH excluding ortho intramolecular Hbond substituents is 1. The van der Waals surface area contributed by atoms with Crippen molar-refractivity contribution >= 4 is 40.6 Å². The number of carbonyl (C=O) groups is 5. The van der Waals surface area contributed by atoms with Crippen LogP contribution in [-0.4, -0.2) is 89.1 Å². The molecule has 0 bridgehead atoms. The number of hydrogen-bond acceptors (Lipinski definition) is 10. The number of hydrogen-bond donors (Lipinski definition) is 4. The molecule has 1 aromatic carbocycles. The molecule has 12 heteroatoms. The summed E-state index contributed by atoms with van der Waals surface area (Å²) in [5.41, 5.74) is 3.38. The van der Waals surface area contributed by atoms with Crippen LogP contribution in [0.1, 0.15) is 41.8 Å². The first-order valence-electron chi connectivity index (χ1n) is 12.9. The van der Waals surface area contributed by atoms with E-state index in [2.05, 4.69) is 5.32 Å². The summed E-state index contributed by atoms with van der Waals surface area (Å²) in [4.78, 5) is 67.4. The Morgan fingerprint density at radius 1 is 1.26 bits per heavy atom. The lowest BCUT2D eigenvalue weighted by molar-refractivity contribution is -0.181. The zero-order valence-electron chi connectivity index (χ0n) is 22.3. The Kier molecular flexibility index (Phi) is 8.04. The minimum Gasteiger partial charge on any atom is -0.507 e. The minimum atomic E-state index is -2.75. The first-order chi connectivity index (χ1) is 18.2. The van der Waals surface area contributed by atoms with Crippen LogP contribution >= 0.6 is 11.6 Å². The van der Waals surface area contributed by atoms with Gasteiger partial charge in [0.15, 0.2) is 34.7 Å². The summed E-state index contributed by atoms with van der Waals surface area (Å²) in [5, 5.41) is 25.9. The van der Waals surface area contributed by atoms with Crippen LogP contribution in [0.2, 0.25) is 5.02 Å². The number of likely N-dealkylation sites (N-methyl/N-ethyl adjacent to an activating group) is 1. The van der Waals surface area contributed by atoms with Gasteiger partial charge in [-0.2, -0.15) is 0 Å². The van der Waals surface area contributed by atoms with Gasteiger partial charge >= 0.3 is 0 Å². The molecule has 1 amide bonds. The molecular formula is C27H34ClN3O8. The molecule has 3 aliphatic rings. The number of benzene rings is 1. The molecule has 3 aliphatic carbocycles. The molecular weight excluding hydrogens is 530 g/mol. The number of nitrogens with zero attached hydrogens (tertiary/aromatic N) is 1. The molecule has 0 aliphatic heterocycles. The van der Waals surface area contributed by atoms with E-state index in [1.165, 1.54) is 25.1 Å². The van der Waals surface area contributed by atoms with Crippen LogP contribution < -0.4 is 11.1 Å². The fourth-order valence-electron chi connectivity index (χ4n) is 6.43. The molecule has 4 rings (SSSR count). The molecule has 0 spiro atoms. The van der Waals surface area contributed by atoms with Crippen molar-refractivity contribution in [3.8, 4) is 5.75 Å². The Balaban J connectivity index is 1.70. The van der Waals surface area contributed by atoms with Gasteiger partial charge in [0.05, 0.1) is 30.2 Å². The molecule has 0 radical (unpaired) electrons. The van der Waals surface area contributed by atoms with E-state index < -0.39 is 64.4 Å².